The third-order valence-electron chi connectivity index (χ3n) is 4.93. The van der Waals surface area contributed by atoms with Crippen LogP contribution in [0.3, 0.4) is 0 Å². The van der Waals surface area contributed by atoms with Gasteiger partial charge < -0.3 is 5.11 Å². The molecule has 4 rings (SSSR count). The molecule has 1 N–H and O–H groups in total. The van der Waals surface area contributed by atoms with Crippen molar-refractivity contribution in [1.82, 2.24) is 0 Å². The number of fused-ring (bicyclic) bond motifs is 2. The van der Waals surface area contributed by atoms with Crippen LogP contribution in [-0.4, -0.2) is 5.11 Å². The minimum Gasteiger partial charge on any atom is -0.508 e. The Hall–Kier alpha value is -1.76. The lowest BCUT2D eigenvalue weighted by Crippen LogP contribution is -2.29. The zero-order valence-electron chi connectivity index (χ0n) is 11.0. The van der Waals surface area contributed by atoms with Gasteiger partial charge in [-0.1, -0.05) is 30.3 Å². The van der Waals surface area contributed by atoms with Gasteiger partial charge in [0.25, 0.3) is 0 Å². The van der Waals surface area contributed by atoms with Gasteiger partial charge in [-0.2, -0.15) is 0 Å². The average molecular weight is 250 g/mol. The van der Waals surface area contributed by atoms with Crippen LogP contribution >= 0.6 is 0 Å². The van der Waals surface area contributed by atoms with Crippen molar-refractivity contribution in [3.63, 3.8) is 0 Å². The second-order valence-corrected chi connectivity index (χ2v) is 6.25. The molecule has 0 fully saturated rings. The van der Waals surface area contributed by atoms with E-state index in [0.717, 1.165) is 6.42 Å². The highest BCUT2D eigenvalue weighted by Crippen LogP contribution is 2.46. The van der Waals surface area contributed by atoms with Crippen LogP contribution in [0.2, 0.25) is 0 Å². The normalized spacial score (nSPS) is 24.2. The number of benzene rings is 2. The Labute approximate surface area is 113 Å². The van der Waals surface area contributed by atoms with Gasteiger partial charge in [-0.3, -0.25) is 0 Å². The summed E-state index contributed by atoms with van der Waals surface area (Å²) in [5, 5.41) is 9.64. The number of phenols is 1. The van der Waals surface area contributed by atoms with Crippen molar-refractivity contribution >= 4 is 0 Å². The molecule has 1 unspecified atom stereocenters. The summed E-state index contributed by atoms with van der Waals surface area (Å²) >= 11 is 0. The van der Waals surface area contributed by atoms with Crippen LogP contribution in [0, 0.1) is 5.41 Å². The highest BCUT2D eigenvalue weighted by atomic mass is 16.3. The average Bonchev–Trinajstić information content (AvgIpc) is 2.75. The van der Waals surface area contributed by atoms with E-state index in [1.807, 2.05) is 12.1 Å². The maximum Gasteiger partial charge on any atom is 0.115 e. The first-order valence-corrected chi connectivity index (χ1v) is 7.12. The molecule has 2 aromatic rings. The van der Waals surface area contributed by atoms with Gasteiger partial charge in [0, 0.05) is 0 Å². The first-order chi connectivity index (χ1) is 9.24. The molecule has 0 aliphatic heterocycles. The number of aryl methyl sites for hydroxylation is 1. The molecule has 0 saturated heterocycles. The van der Waals surface area contributed by atoms with Crippen molar-refractivity contribution in [3.8, 4) is 5.75 Å². The van der Waals surface area contributed by atoms with Crippen LogP contribution in [0.1, 0.15) is 28.7 Å². The van der Waals surface area contributed by atoms with E-state index in [1.165, 1.54) is 47.9 Å². The van der Waals surface area contributed by atoms with Crippen molar-refractivity contribution in [2.24, 2.45) is 5.41 Å². The van der Waals surface area contributed by atoms with Gasteiger partial charge in [-0.15, -0.1) is 0 Å². The first kappa shape index (κ1) is 11.1. The quantitative estimate of drug-likeness (QED) is 0.756. The van der Waals surface area contributed by atoms with E-state index in [4.69, 9.17) is 0 Å². The van der Waals surface area contributed by atoms with Gasteiger partial charge in [-0.05, 0) is 71.9 Å². The topological polar surface area (TPSA) is 20.2 Å². The van der Waals surface area contributed by atoms with E-state index in [9.17, 15) is 5.11 Å². The minimum atomic E-state index is 0.407. The predicted molar refractivity (Wildman–Crippen MR) is 76.4 cm³/mol. The lowest BCUT2D eigenvalue weighted by Gasteiger charge is -2.34. The predicted octanol–water partition coefficient (Wildman–Crippen LogP) is 3.67. The lowest BCUT2D eigenvalue weighted by atomic mass is 9.70. The van der Waals surface area contributed by atoms with Crippen LogP contribution < -0.4 is 0 Å². The Balaban J connectivity index is 1.69. The Bertz CT molecular complexity index is 644. The van der Waals surface area contributed by atoms with Gasteiger partial charge in [0.1, 0.15) is 5.75 Å². The molecule has 0 saturated carbocycles. The summed E-state index contributed by atoms with van der Waals surface area (Å²) in [6.45, 7) is 0. The fourth-order valence-electron chi connectivity index (χ4n) is 3.99. The van der Waals surface area contributed by atoms with Crippen LogP contribution in [0.4, 0.5) is 0 Å². The number of rotatable bonds is 0. The fraction of sp³-hybridized carbons (Fsp3) is 0.333. The maximum atomic E-state index is 9.64. The van der Waals surface area contributed by atoms with E-state index in [1.54, 1.807) is 0 Å². The monoisotopic (exact) mass is 250 g/mol. The van der Waals surface area contributed by atoms with Gasteiger partial charge >= 0.3 is 0 Å². The molecule has 1 atom stereocenters. The summed E-state index contributed by atoms with van der Waals surface area (Å²) in [5.74, 6) is 0.409. The van der Waals surface area contributed by atoms with Crippen LogP contribution in [0.25, 0.3) is 0 Å². The molecule has 2 aliphatic carbocycles. The fourth-order valence-corrected chi connectivity index (χ4v) is 3.99. The van der Waals surface area contributed by atoms with Crippen molar-refractivity contribution in [3.05, 3.63) is 64.7 Å². The summed E-state index contributed by atoms with van der Waals surface area (Å²) < 4.78 is 0. The number of hydrogen-bond donors (Lipinski definition) is 1. The molecule has 1 heteroatoms. The SMILES string of the molecule is Oc1ccc2c(c1)CC1(CCc3ccccc3C1)C2. The van der Waals surface area contributed by atoms with Crippen LogP contribution in [0.5, 0.6) is 5.75 Å². The van der Waals surface area contributed by atoms with Gasteiger partial charge in [-0.25, -0.2) is 0 Å². The van der Waals surface area contributed by atoms with Gasteiger partial charge in [0.15, 0.2) is 0 Å². The third kappa shape index (κ3) is 1.76. The summed E-state index contributed by atoms with van der Waals surface area (Å²) in [4.78, 5) is 0. The molecule has 2 aliphatic rings. The highest BCUT2D eigenvalue weighted by molar-refractivity contribution is 5.42. The smallest absolute Gasteiger partial charge is 0.115 e. The molecule has 0 heterocycles. The standard InChI is InChI=1S/C18H18O/c19-17-6-5-15-11-18(12-16(15)9-17)8-7-13-3-1-2-4-14(13)10-18/h1-6,9,19H,7-8,10-12H2. The summed E-state index contributed by atoms with van der Waals surface area (Å²) in [5.41, 5.74) is 6.28. The minimum absolute atomic E-state index is 0.407. The molecule has 2 aromatic carbocycles. The molecule has 96 valence electrons. The Morgan fingerprint density at radius 1 is 0.789 bits per heavy atom. The Kier molecular flexibility index (Phi) is 2.26. The van der Waals surface area contributed by atoms with Crippen LogP contribution in [-0.2, 0) is 25.7 Å². The Morgan fingerprint density at radius 2 is 1.47 bits per heavy atom. The third-order valence-corrected chi connectivity index (χ3v) is 4.93. The maximum absolute atomic E-state index is 9.64. The molecule has 0 aromatic heterocycles. The van der Waals surface area contributed by atoms with Crippen molar-refractivity contribution in [1.29, 1.82) is 0 Å². The summed E-state index contributed by atoms with van der Waals surface area (Å²) in [7, 11) is 0. The molecular formula is C18H18O. The molecule has 0 amide bonds. The van der Waals surface area contributed by atoms with E-state index in [-0.39, 0.29) is 0 Å². The number of hydrogen-bond acceptors (Lipinski definition) is 1. The molecule has 0 bridgehead atoms. The lowest BCUT2D eigenvalue weighted by molar-refractivity contribution is 0.262. The highest BCUT2D eigenvalue weighted by Gasteiger charge is 2.39. The zero-order chi connectivity index (χ0) is 12.9. The molecule has 19 heavy (non-hydrogen) atoms. The van der Waals surface area contributed by atoms with E-state index >= 15 is 0 Å². The number of aromatic hydroxyl groups is 1. The summed E-state index contributed by atoms with van der Waals surface area (Å²) in [6.07, 6.45) is 5.98. The zero-order valence-corrected chi connectivity index (χ0v) is 11.0. The van der Waals surface area contributed by atoms with E-state index in [0.29, 0.717) is 11.2 Å². The largest absolute Gasteiger partial charge is 0.508 e. The van der Waals surface area contributed by atoms with Crippen molar-refractivity contribution in [2.45, 2.75) is 32.1 Å². The molecular weight excluding hydrogens is 232 g/mol. The Morgan fingerprint density at radius 3 is 2.32 bits per heavy atom. The van der Waals surface area contributed by atoms with E-state index < -0.39 is 0 Å². The molecule has 1 spiro atoms. The van der Waals surface area contributed by atoms with Crippen LogP contribution in [0.15, 0.2) is 42.5 Å². The van der Waals surface area contributed by atoms with Crippen molar-refractivity contribution in [2.75, 3.05) is 0 Å². The van der Waals surface area contributed by atoms with Crippen molar-refractivity contribution < 1.29 is 5.11 Å². The van der Waals surface area contributed by atoms with Gasteiger partial charge in [0.2, 0.25) is 0 Å². The second kappa shape index (κ2) is 3.86. The number of phenolic OH excluding ortho intramolecular Hbond substituents is 1. The van der Waals surface area contributed by atoms with Gasteiger partial charge in [0.05, 0.1) is 0 Å². The molecule has 0 radical (unpaired) electrons. The summed E-state index contributed by atoms with van der Waals surface area (Å²) in [6, 6.07) is 14.8. The molecule has 1 nitrogen and oxygen atoms in total. The first-order valence-electron chi connectivity index (χ1n) is 7.12. The second-order valence-electron chi connectivity index (χ2n) is 6.25. The van der Waals surface area contributed by atoms with E-state index in [2.05, 4.69) is 30.3 Å².